The zero-order chi connectivity index (χ0) is 22.6. The van der Waals surface area contributed by atoms with Crippen molar-refractivity contribution < 1.29 is 13.2 Å². The predicted octanol–water partition coefficient (Wildman–Crippen LogP) is 3.90. The largest absolute Gasteiger partial charge is 0.358 e. The third-order valence-electron chi connectivity index (χ3n) is 5.19. The molecule has 0 aliphatic rings. The number of nitrogens with one attached hydrogen (secondary N) is 1. The van der Waals surface area contributed by atoms with Gasteiger partial charge < -0.3 is 10.2 Å². The van der Waals surface area contributed by atoms with Gasteiger partial charge in [-0.05, 0) is 61.7 Å². The fourth-order valence-corrected chi connectivity index (χ4v) is 3.90. The smallest absolute Gasteiger partial charge is 0.243 e. The molecule has 0 spiro atoms. The number of rotatable bonds is 7. The zero-order valence-electron chi connectivity index (χ0n) is 17.9. The van der Waals surface area contributed by atoms with Crippen LogP contribution >= 0.6 is 0 Å². The number of carbonyl (C=O) groups excluding carboxylic acids is 1. The monoisotopic (exact) mass is 437 g/mol. The Morgan fingerprint density at radius 2 is 1.61 bits per heavy atom. The molecule has 3 aromatic carbocycles. The summed E-state index contributed by atoms with van der Waals surface area (Å²) in [4.78, 5) is 14.9. The molecule has 0 saturated carbocycles. The van der Waals surface area contributed by atoms with Gasteiger partial charge in [-0.1, -0.05) is 48.0 Å². The molecule has 0 saturated heterocycles. The molecule has 0 radical (unpaired) electrons. The molecule has 0 atom stereocenters. The van der Waals surface area contributed by atoms with E-state index in [-0.39, 0.29) is 17.3 Å². The van der Waals surface area contributed by atoms with Gasteiger partial charge in [0.2, 0.25) is 15.9 Å². The number of primary sulfonamides is 1. The van der Waals surface area contributed by atoms with Crippen LogP contribution in [0.5, 0.6) is 0 Å². The molecule has 3 aromatic rings. The maximum atomic E-state index is 12.9. The number of sulfonamides is 1. The van der Waals surface area contributed by atoms with Gasteiger partial charge in [0.1, 0.15) is 0 Å². The van der Waals surface area contributed by atoms with Crippen molar-refractivity contribution in [2.45, 2.75) is 32.2 Å². The van der Waals surface area contributed by atoms with Crippen molar-refractivity contribution in [2.75, 3.05) is 16.8 Å². The van der Waals surface area contributed by atoms with Crippen LogP contribution in [0.2, 0.25) is 0 Å². The fraction of sp³-hybridized carbons (Fsp3) is 0.208. The van der Waals surface area contributed by atoms with E-state index in [0.717, 1.165) is 27.9 Å². The standard InChI is InChI=1S/C24H27N3O3S/c1-17-9-11-21(12-10-17)27(15-20-7-5-4-6-8-20)16-24(28)26-23-14-22(31(25,29)30)13-18(2)19(23)3/h4-14H,15-16H2,1-3H3,(H,26,28)(H2,25,29,30). The molecule has 0 aromatic heterocycles. The first-order valence-corrected chi connectivity index (χ1v) is 11.5. The summed E-state index contributed by atoms with van der Waals surface area (Å²) in [6, 6.07) is 20.8. The predicted molar refractivity (Wildman–Crippen MR) is 125 cm³/mol. The van der Waals surface area contributed by atoms with Crippen molar-refractivity contribution in [1.29, 1.82) is 0 Å². The second kappa shape index (κ2) is 9.32. The van der Waals surface area contributed by atoms with Crippen molar-refractivity contribution >= 4 is 27.3 Å². The van der Waals surface area contributed by atoms with E-state index in [4.69, 9.17) is 5.14 Å². The first kappa shape index (κ1) is 22.5. The van der Waals surface area contributed by atoms with Gasteiger partial charge in [0.25, 0.3) is 0 Å². The summed E-state index contributed by atoms with van der Waals surface area (Å²) in [6.45, 7) is 6.30. The highest BCUT2D eigenvalue weighted by atomic mass is 32.2. The lowest BCUT2D eigenvalue weighted by atomic mass is 10.1. The molecular formula is C24H27N3O3S. The Balaban J connectivity index is 1.85. The molecule has 1 amide bonds. The minimum Gasteiger partial charge on any atom is -0.358 e. The summed E-state index contributed by atoms with van der Waals surface area (Å²) in [5.74, 6) is -0.245. The molecule has 0 unspecified atom stereocenters. The van der Waals surface area contributed by atoms with Crippen LogP contribution in [0.15, 0.2) is 71.6 Å². The van der Waals surface area contributed by atoms with Gasteiger partial charge in [-0.15, -0.1) is 0 Å². The van der Waals surface area contributed by atoms with E-state index < -0.39 is 10.0 Å². The Kier molecular flexibility index (Phi) is 6.77. The van der Waals surface area contributed by atoms with E-state index in [0.29, 0.717) is 12.2 Å². The Bertz CT molecular complexity index is 1170. The maximum Gasteiger partial charge on any atom is 0.243 e. The van der Waals surface area contributed by atoms with Crippen molar-refractivity contribution in [3.05, 3.63) is 89.0 Å². The number of aryl methyl sites for hydroxylation is 2. The molecule has 7 heteroatoms. The minimum atomic E-state index is -3.87. The molecule has 0 bridgehead atoms. The quantitative estimate of drug-likeness (QED) is 0.586. The average Bonchev–Trinajstić information content (AvgIpc) is 2.71. The Labute approximate surface area is 183 Å². The highest BCUT2D eigenvalue weighted by Gasteiger charge is 2.17. The van der Waals surface area contributed by atoms with Gasteiger partial charge in [-0.3, -0.25) is 4.79 Å². The molecule has 162 valence electrons. The van der Waals surface area contributed by atoms with Gasteiger partial charge in [0.15, 0.2) is 0 Å². The van der Waals surface area contributed by atoms with Crippen molar-refractivity contribution in [3.8, 4) is 0 Å². The number of benzene rings is 3. The molecular weight excluding hydrogens is 410 g/mol. The molecule has 0 heterocycles. The lowest BCUT2D eigenvalue weighted by molar-refractivity contribution is -0.115. The molecule has 0 aliphatic heterocycles. The Hall–Kier alpha value is -3.16. The fourth-order valence-electron chi connectivity index (χ4n) is 3.28. The SMILES string of the molecule is Cc1ccc(N(CC(=O)Nc2cc(S(N)(=O)=O)cc(C)c2C)Cc2ccccc2)cc1. The summed E-state index contributed by atoms with van der Waals surface area (Å²) < 4.78 is 23.6. The zero-order valence-corrected chi connectivity index (χ0v) is 18.7. The first-order valence-electron chi connectivity index (χ1n) is 9.93. The van der Waals surface area contributed by atoms with E-state index in [9.17, 15) is 13.2 Å². The third-order valence-corrected chi connectivity index (χ3v) is 6.09. The highest BCUT2D eigenvalue weighted by molar-refractivity contribution is 7.89. The van der Waals surface area contributed by atoms with E-state index in [2.05, 4.69) is 5.32 Å². The second-order valence-electron chi connectivity index (χ2n) is 7.68. The van der Waals surface area contributed by atoms with E-state index in [1.165, 1.54) is 12.1 Å². The Morgan fingerprint density at radius 3 is 2.23 bits per heavy atom. The van der Waals surface area contributed by atoms with Gasteiger partial charge in [0.05, 0.1) is 11.4 Å². The van der Waals surface area contributed by atoms with Crippen LogP contribution in [0, 0.1) is 20.8 Å². The normalized spacial score (nSPS) is 11.2. The Morgan fingerprint density at radius 1 is 0.968 bits per heavy atom. The van der Waals surface area contributed by atoms with Gasteiger partial charge in [-0.2, -0.15) is 0 Å². The van der Waals surface area contributed by atoms with Crippen LogP contribution in [0.4, 0.5) is 11.4 Å². The van der Waals surface area contributed by atoms with Crippen molar-refractivity contribution in [1.82, 2.24) is 0 Å². The lowest BCUT2D eigenvalue weighted by Crippen LogP contribution is -2.33. The number of carbonyl (C=O) groups is 1. The van der Waals surface area contributed by atoms with Crippen molar-refractivity contribution in [3.63, 3.8) is 0 Å². The summed E-state index contributed by atoms with van der Waals surface area (Å²) in [5.41, 5.74) is 5.12. The van der Waals surface area contributed by atoms with Gasteiger partial charge >= 0.3 is 0 Å². The van der Waals surface area contributed by atoms with E-state index in [1.54, 1.807) is 6.92 Å². The number of hydrogen-bond donors (Lipinski definition) is 2. The number of nitrogens with zero attached hydrogens (tertiary/aromatic N) is 1. The molecule has 0 aliphatic carbocycles. The summed E-state index contributed by atoms with van der Waals surface area (Å²) >= 11 is 0. The molecule has 3 N–H and O–H groups in total. The van der Waals surface area contributed by atoms with Gasteiger partial charge in [0, 0.05) is 17.9 Å². The van der Waals surface area contributed by atoms with Crippen LogP contribution in [0.25, 0.3) is 0 Å². The molecule has 31 heavy (non-hydrogen) atoms. The first-order chi connectivity index (χ1) is 14.6. The van der Waals surface area contributed by atoms with Crippen LogP contribution < -0.4 is 15.4 Å². The van der Waals surface area contributed by atoms with Crippen LogP contribution in [-0.4, -0.2) is 20.9 Å². The van der Waals surface area contributed by atoms with Crippen molar-refractivity contribution in [2.24, 2.45) is 5.14 Å². The van der Waals surface area contributed by atoms with E-state index >= 15 is 0 Å². The third kappa shape index (κ3) is 5.93. The highest BCUT2D eigenvalue weighted by Crippen LogP contribution is 2.24. The lowest BCUT2D eigenvalue weighted by Gasteiger charge is -2.25. The van der Waals surface area contributed by atoms with Crippen LogP contribution in [0.1, 0.15) is 22.3 Å². The minimum absolute atomic E-state index is 0.0226. The number of amides is 1. The summed E-state index contributed by atoms with van der Waals surface area (Å²) in [6.07, 6.45) is 0. The number of hydrogen-bond acceptors (Lipinski definition) is 4. The van der Waals surface area contributed by atoms with E-state index in [1.807, 2.05) is 73.3 Å². The number of anilines is 2. The topological polar surface area (TPSA) is 92.5 Å². The summed E-state index contributed by atoms with van der Waals surface area (Å²) in [5, 5.41) is 8.14. The average molecular weight is 438 g/mol. The van der Waals surface area contributed by atoms with Crippen LogP contribution in [-0.2, 0) is 21.4 Å². The molecule has 0 fully saturated rings. The van der Waals surface area contributed by atoms with Crippen LogP contribution in [0.3, 0.4) is 0 Å². The summed E-state index contributed by atoms with van der Waals surface area (Å²) in [7, 11) is -3.87. The number of nitrogens with two attached hydrogens (primary N) is 1. The second-order valence-corrected chi connectivity index (χ2v) is 9.24. The molecule has 3 rings (SSSR count). The maximum absolute atomic E-state index is 12.9. The van der Waals surface area contributed by atoms with Gasteiger partial charge in [-0.25, -0.2) is 13.6 Å². The molecule has 6 nitrogen and oxygen atoms in total.